The van der Waals surface area contributed by atoms with Gasteiger partial charge in [-0.3, -0.25) is 0 Å². The Labute approximate surface area is 80.6 Å². The normalized spacial score (nSPS) is 8.31. The Morgan fingerprint density at radius 3 is 2.54 bits per heavy atom. The van der Waals surface area contributed by atoms with Crippen LogP contribution < -0.4 is 0 Å². The average molecular weight is 178 g/mol. The maximum absolute atomic E-state index is 4.04. The van der Waals surface area contributed by atoms with Gasteiger partial charge in [0.1, 0.15) is 0 Å². The lowest BCUT2D eigenvalue weighted by atomic mass is 10.3. The van der Waals surface area contributed by atoms with Crippen molar-refractivity contribution >= 4 is 12.3 Å². The van der Waals surface area contributed by atoms with Crippen LogP contribution in [0.2, 0.25) is 0 Å². The smallest absolute Gasteiger partial charge is 0.0660 e. The Balaban J connectivity index is 0.000000671. The van der Waals surface area contributed by atoms with E-state index in [4.69, 9.17) is 0 Å². The number of nitrogens with zero attached hydrogens (tertiary/aromatic N) is 2. The van der Waals surface area contributed by atoms with E-state index in [0.29, 0.717) is 0 Å². The highest BCUT2D eigenvalue weighted by Gasteiger charge is 1.92. The van der Waals surface area contributed by atoms with Crippen molar-refractivity contribution in [1.82, 2.24) is 9.78 Å². The molecule has 2 nitrogen and oxygen atoms in total. The quantitative estimate of drug-likeness (QED) is 0.678. The van der Waals surface area contributed by atoms with Crippen LogP contribution in [0.5, 0.6) is 0 Å². The molecule has 0 saturated heterocycles. The van der Waals surface area contributed by atoms with E-state index in [9.17, 15) is 0 Å². The van der Waals surface area contributed by atoms with Crippen molar-refractivity contribution in [3.8, 4) is 0 Å². The minimum absolute atomic E-state index is 1.07. The van der Waals surface area contributed by atoms with Gasteiger partial charge >= 0.3 is 0 Å². The first-order valence-corrected chi connectivity index (χ1v) is 4.55. The molecule has 0 fully saturated rings. The third-order valence-corrected chi connectivity index (χ3v) is 1.31. The lowest BCUT2D eigenvalue weighted by Crippen LogP contribution is -1.89. The fourth-order valence-corrected chi connectivity index (χ4v) is 0.887. The van der Waals surface area contributed by atoms with Gasteiger partial charge < -0.3 is 0 Å². The zero-order chi connectivity index (χ0) is 10.3. The molecule has 0 atom stereocenters. The maximum atomic E-state index is 4.04. The summed E-state index contributed by atoms with van der Waals surface area (Å²) in [6.07, 6.45) is 5.51. The Kier molecular flexibility index (Phi) is 5.60. The summed E-state index contributed by atoms with van der Waals surface area (Å²) < 4.78 is 1.74. The molecule has 1 aromatic heterocycles. The predicted molar refractivity (Wildman–Crippen MR) is 59.3 cm³/mol. The fraction of sp³-hybridized carbons (Fsp3) is 0.364. The molecule has 0 aliphatic carbocycles. The van der Waals surface area contributed by atoms with Crippen LogP contribution in [0, 0.1) is 0 Å². The van der Waals surface area contributed by atoms with Crippen molar-refractivity contribution in [2.24, 2.45) is 0 Å². The van der Waals surface area contributed by atoms with Crippen LogP contribution in [-0.2, 0) is 0 Å². The van der Waals surface area contributed by atoms with Crippen molar-refractivity contribution in [2.75, 3.05) is 0 Å². The van der Waals surface area contributed by atoms with E-state index in [2.05, 4.69) is 31.6 Å². The monoisotopic (exact) mass is 178 g/mol. The lowest BCUT2D eigenvalue weighted by Gasteiger charge is -1.95. The highest BCUT2D eigenvalue weighted by Crippen LogP contribution is 2.05. The highest BCUT2D eigenvalue weighted by molar-refractivity contribution is 5.50. The van der Waals surface area contributed by atoms with Gasteiger partial charge in [-0.15, -0.1) is 0 Å². The molecular weight excluding hydrogens is 160 g/mol. The second-order valence-electron chi connectivity index (χ2n) is 2.60. The van der Waals surface area contributed by atoms with E-state index in [1.165, 1.54) is 5.57 Å². The van der Waals surface area contributed by atoms with Gasteiger partial charge in [-0.1, -0.05) is 26.0 Å². The summed E-state index contributed by atoms with van der Waals surface area (Å²) in [4.78, 5) is 0. The predicted octanol–water partition coefficient (Wildman–Crippen LogP) is 3.43. The number of aromatic nitrogens is 2. The summed E-state index contributed by atoms with van der Waals surface area (Å²) in [6.45, 7) is 11.8. The largest absolute Gasteiger partial charge is 0.242 e. The zero-order valence-electron chi connectivity index (χ0n) is 8.91. The number of hydrogen-bond donors (Lipinski definition) is 0. The first kappa shape index (κ1) is 11.7. The van der Waals surface area contributed by atoms with Gasteiger partial charge in [-0.05, 0) is 26.0 Å². The highest BCUT2D eigenvalue weighted by atomic mass is 15.3. The Bertz CT molecular complexity index is 278. The van der Waals surface area contributed by atoms with Crippen LogP contribution in [0.3, 0.4) is 0 Å². The molecule has 0 unspecified atom stereocenters. The van der Waals surface area contributed by atoms with Crippen molar-refractivity contribution in [1.29, 1.82) is 0 Å². The van der Waals surface area contributed by atoms with Gasteiger partial charge in [-0.25, -0.2) is 4.68 Å². The van der Waals surface area contributed by atoms with Gasteiger partial charge in [0.05, 0.1) is 5.69 Å². The molecule has 72 valence electrons. The third-order valence-electron chi connectivity index (χ3n) is 1.31. The average Bonchev–Trinajstić information content (AvgIpc) is 2.54. The number of rotatable bonds is 2. The molecule has 0 N–H and O–H groups in total. The Morgan fingerprint density at radius 2 is 2.08 bits per heavy atom. The molecule has 0 aromatic carbocycles. The summed E-state index contributed by atoms with van der Waals surface area (Å²) >= 11 is 0. The van der Waals surface area contributed by atoms with Gasteiger partial charge in [0, 0.05) is 12.4 Å². The van der Waals surface area contributed by atoms with Crippen LogP contribution in [0.4, 0.5) is 0 Å². The molecule has 0 aliphatic heterocycles. The van der Waals surface area contributed by atoms with E-state index < -0.39 is 0 Å². The van der Waals surface area contributed by atoms with E-state index >= 15 is 0 Å². The second kappa shape index (κ2) is 6.23. The fourth-order valence-electron chi connectivity index (χ4n) is 0.887. The van der Waals surface area contributed by atoms with Crippen molar-refractivity contribution in [3.63, 3.8) is 0 Å². The zero-order valence-corrected chi connectivity index (χ0v) is 8.91. The van der Waals surface area contributed by atoms with Crippen molar-refractivity contribution in [2.45, 2.75) is 27.7 Å². The molecular formula is C11H18N2. The van der Waals surface area contributed by atoms with Gasteiger partial charge in [0.2, 0.25) is 0 Å². The van der Waals surface area contributed by atoms with Crippen LogP contribution in [0.15, 0.2) is 24.4 Å². The molecule has 0 bridgehead atoms. The minimum Gasteiger partial charge on any atom is -0.242 e. The lowest BCUT2D eigenvalue weighted by molar-refractivity contribution is 0.925. The molecule has 1 heterocycles. The van der Waals surface area contributed by atoms with Crippen LogP contribution in [0.25, 0.3) is 12.3 Å². The SMILES string of the molecule is C=Cn1nccc1C=C(C)C.CC. The second-order valence-corrected chi connectivity index (χ2v) is 2.60. The van der Waals surface area contributed by atoms with Crippen molar-refractivity contribution < 1.29 is 0 Å². The third kappa shape index (κ3) is 3.74. The van der Waals surface area contributed by atoms with Crippen LogP contribution in [0.1, 0.15) is 33.4 Å². The molecule has 0 amide bonds. The number of hydrogen-bond acceptors (Lipinski definition) is 1. The molecule has 0 aliphatic rings. The van der Waals surface area contributed by atoms with Crippen LogP contribution in [-0.4, -0.2) is 9.78 Å². The standard InChI is InChI=1S/C9H12N2.C2H6/c1-4-11-9(5-6-10-11)7-8(2)3;1-2/h4-7H,1H2,2-3H3;1-2H3. The first-order valence-electron chi connectivity index (χ1n) is 4.55. The molecule has 1 rings (SSSR count). The Hall–Kier alpha value is -1.31. The van der Waals surface area contributed by atoms with E-state index in [1.54, 1.807) is 17.1 Å². The molecule has 2 heteroatoms. The summed E-state index contributed by atoms with van der Waals surface area (Å²) in [5, 5.41) is 4.04. The summed E-state index contributed by atoms with van der Waals surface area (Å²) in [7, 11) is 0. The van der Waals surface area contributed by atoms with E-state index in [-0.39, 0.29) is 0 Å². The van der Waals surface area contributed by atoms with Gasteiger partial charge in [0.15, 0.2) is 0 Å². The summed E-state index contributed by atoms with van der Waals surface area (Å²) in [5.41, 5.74) is 2.33. The topological polar surface area (TPSA) is 17.8 Å². The van der Waals surface area contributed by atoms with Gasteiger partial charge in [-0.2, -0.15) is 5.10 Å². The first-order chi connectivity index (χ1) is 6.24. The van der Waals surface area contributed by atoms with E-state index in [0.717, 1.165) is 5.69 Å². The van der Waals surface area contributed by atoms with Crippen LogP contribution >= 0.6 is 0 Å². The van der Waals surface area contributed by atoms with E-state index in [1.807, 2.05) is 19.9 Å². The molecule has 0 radical (unpaired) electrons. The minimum atomic E-state index is 1.07. The summed E-state index contributed by atoms with van der Waals surface area (Å²) in [5.74, 6) is 0. The molecule has 0 saturated carbocycles. The molecule has 0 spiro atoms. The Morgan fingerprint density at radius 1 is 1.46 bits per heavy atom. The summed E-state index contributed by atoms with van der Waals surface area (Å²) in [6, 6.07) is 1.95. The van der Waals surface area contributed by atoms with Crippen molar-refractivity contribution in [3.05, 3.63) is 30.1 Å². The number of allylic oxidation sites excluding steroid dienone is 1. The molecule has 13 heavy (non-hydrogen) atoms. The van der Waals surface area contributed by atoms with Gasteiger partial charge in [0.25, 0.3) is 0 Å². The maximum Gasteiger partial charge on any atom is 0.0660 e. The molecule has 1 aromatic rings.